The summed E-state index contributed by atoms with van der Waals surface area (Å²) < 4.78 is 32.1. The van der Waals surface area contributed by atoms with Crippen LogP contribution < -0.4 is 5.32 Å². The number of carbonyl (C=O) groups excluding carboxylic acids is 2. The number of amides is 1. The molecule has 2 aromatic carbocycles. The van der Waals surface area contributed by atoms with Crippen LogP contribution >= 0.6 is 0 Å². The number of carbonyl (C=O) groups is 2. The second-order valence-corrected chi connectivity index (χ2v) is 9.40. The number of ether oxygens (including phenoxy) is 1. The Bertz CT molecular complexity index is 1220. The van der Waals surface area contributed by atoms with Crippen LogP contribution in [0.2, 0.25) is 0 Å². The number of esters is 1. The van der Waals surface area contributed by atoms with Crippen molar-refractivity contribution in [1.82, 2.24) is 10.2 Å². The largest absolute Gasteiger partial charge is 0.452 e. The molecule has 2 aromatic rings. The smallest absolute Gasteiger partial charge is 0.340 e. The van der Waals surface area contributed by atoms with Gasteiger partial charge >= 0.3 is 5.97 Å². The molecular weight excluding hydrogens is 442 g/mol. The fraction of sp³-hybridized carbons (Fsp3) is 0.208. The van der Waals surface area contributed by atoms with E-state index in [4.69, 9.17) is 4.74 Å². The van der Waals surface area contributed by atoms with Crippen molar-refractivity contribution < 1.29 is 22.7 Å². The summed E-state index contributed by atoms with van der Waals surface area (Å²) in [4.78, 5) is 26.6. The standard InChI is InChI=1S/C24H23N3O5S/c28-23(25-21(19-9-5-2-6-10-19)15-18-7-3-1-4-8-18)17-32-24(29)20-11-12-22-26-33(30,31)14-13-27(22)16-20/h1-12,16,21H,13-15,17H2,(H,25,28). The lowest BCUT2D eigenvalue weighted by Crippen LogP contribution is -2.37. The van der Waals surface area contributed by atoms with Crippen LogP contribution in [-0.2, 0) is 30.8 Å². The molecule has 0 spiro atoms. The van der Waals surface area contributed by atoms with E-state index in [9.17, 15) is 18.0 Å². The molecule has 0 aromatic heterocycles. The molecule has 8 nitrogen and oxygen atoms in total. The summed E-state index contributed by atoms with van der Waals surface area (Å²) >= 11 is 0. The molecule has 0 aliphatic carbocycles. The lowest BCUT2D eigenvalue weighted by Gasteiger charge is -2.26. The average molecular weight is 466 g/mol. The first kappa shape index (κ1) is 22.5. The molecule has 0 saturated carbocycles. The van der Waals surface area contributed by atoms with Gasteiger partial charge in [0.15, 0.2) is 6.61 Å². The summed E-state index contributed by atoms with van der Waals surface area (Å²) in [5.74, 6) is -0.969. The number of amidine groups is 1. The molecule has 1 N–H and O–H groups in total. The normalized spacial score (nSPS) is 17.3. The summed E-state index contributed by atoms with van der Waals surface area (Å²) in [5, 5.41) is 2.94. The third-order valence-electron chi connectivity index (χ3n) is 5.21. The quantitative estimate of drug-likeness (QED) is 0.628. The van der Waals surface area contributed by atoms with Gasteiger partial charge < -0.3 is 15.0 Å². The number of benzene rings is 2. The van der Waals surface area contributed by atoms with Crippen LogP contribution in [0.4, 0.5) is 0 Å². The minimum absolute atomic E-state index is 0.131. The Morgan fingerprint density at radius 1 is 1.03 bits per heavy atom. The van der Waals surface area contributed by atoms with Crippen molar-refractivity contribution in [3.63, 3.8) is 0 Å². The SMILES string of the molecule is O=C(COC(=O)C1=CN2CCS(=O)(=O)N=C2C=C1)NC(Cc1ccccc1)c1ccccc1. The van der Waals surface area contributed by atoms with Crippen LogP contribution in [-0.4, -0.2) is 49.9 Å². The van der Waals surface area contributed by atoms with Crippen molar-refractivity contribution in [3.8, 4) is 0 Å². The van der Waals surface area contributed by atoms with Crippen LogP contribution in [0.3, 0.4) is 0 Å². The fourth-order valence-electron chi connectivity index (χ4n) is 3.56. The highest BCUT2D eigenvalue weighted by Crippen LogP contribution is 2.19. The van der Waals surface area contributed by atoms with E-state index in [1.807, 2.05) is 60.7 Å². The molecule has 2 aliphatic rings. The Hall–Kier alpha value is -3.72. The van der Waals surface area contributed by atoms with E-state index >= 15 is 0 Å². The molecule has 0 bridgehead atoms. The van der Waals surface area contributed by atoms with Gasteiger partial charge in [-0.15, -0.1) is 4.40 Å². The molecule has 4 rings (SSSR count). The zero-order valence-electron chi connectivity index (χ0n) is 17.8. The van der Waals surface area contributed by atoms with Crippen molar-refractivity contribution in [2.75, 3.05) is 18.9 Å². The number of sulfonamides is 1. The summed E-state index contributed by atoms with van der Waals surface area (Å²) in [6.45, 7) is -0.238. The van der Waals surface area contributed by atoms with E-state index in [1.54, 1.807) is 4.90 Å². The van der Waals surface area contributed by atoms with Crippen molar-refractivity contribution in [2.45, 2.75) is 12.5 Å². The van der Waals surface area contributed by atoms with Crippen LogP contribution in [0.25, 0.3) is 0 Å². The third kappa shape index (κ3) is 5.95. The van der Waals surface area contributed by atoms with E-state index < -0.39 is 28.5 Å². The van der Waals surface area contributed by atoms with Crippen molar-refractivity contribution in [2.24, 2.45) is 4.40 Å². The van der Waals surface area contributed by atoms with Gasteiger partial charge in [0.05, 0.1) is 17.4 Å². The number of rotatable bonds is 7. The van der Waals surface area contributed by atoms with E-state index in [2.05, 4.69) is 9.71 Å². The maximum Gasteiger partial charge on any atom is 0.340 e. The van der Waals surface area contributed by atoms with E-state index in [1.165, 1.54) is 18.4 Å². The number of hydrogen-bond acceptors (Lipinski definition) is 6. The number of nitrogens with zero attached hydrogens (tertiary/aromatic N) is 2. The lowest BCUT2D eigenvalue weighted by molar-refractivity contribution is -0.144. The van der Waals surface area contributed by atoms with Gasteiger partial charge in [-0.25, -0.2) is 13.2 Å². The fourth-order valence-corrected chi connectivity index (χ4v) is 4.53. The minimum Gasteiger partial charge on any atom is -0.452 e. The zero-order valence-corrected chi connectivity index (χ0v) is 18.6. The summed E-state index contributed by atoms with van der Waals surface area (Å²) in [6.07, 6.45) is 4.95. The first-order valence-electron chi connectivity index (χ1n) is 10.4. The molecule has 1 unspecified atom stereocenters. The molecule has 33 heavy (non-hydrogen) atoms. The Labute approximate surface area is 192 Å². The highest BCUT2D eigenvalue weighted by atomic mass is 32.2. The predicted octanol–water partition coefficient (Wildman–Crippen LogP) is 2.13. The highest BCUT2D eigenvalue weighted by molar-refractivity contribution is 7.90. The Balaban J connectivity index is 1.37. The Morgan fingerprint density at radius 3 is 2.45 bits per heavy atom. The zero-order chi connectivity index (χ0) is 23.3. The molecule has 9 heteroatoms. The van der Waals surface area contributed by atoms with Crippen molar-refractivity contribution in [3.05, 3.63) is 95.7 Å². The Morgan fingerprint density at radius 2 is 1.73 bits per heavy atom. The second-order valence-electron chi connectivity index (χ2n) is 7.64. The second kappa shape index (κ2) is 9.83. The topological polar surface area (TPSA) is 105 Å². The van der Waals surface area contributed by atoms with Crippen molar-refractivity contribution >= 4 is 27.7 Å². The maximum atomic E-state index is 12.6. The third-order valence-corrected chi connectivity index (χ3v) is 6.38. The van der Waals surface area contributed by atoms with E-state index in [0.717, 1.165) is 11.1 Å². The number of nitrogens with one attached hydrogen (secondary N) is 1. The van der Waals surface area contributed by atoms with Gasteiger partial charge in [-0.3, -0.25) is 4.79 Å². The molecule has 2 aliphatic heterocycles. The first-order valence-corrected chi connectivity index (χ1v) is 12.0. The van der Waals surface area contributed by atoms with Gasteiger partial charge in [-0.1, -0.05) is 60.7 Å². The molecule has 0 saturated heterocycles. The van der Waals surface area contributed by atoms with Gasteiger partial charge in [0.1, 0.15) is 5.84 Å². The van der Waals surface area contributed by atoms with Gasteiger partial charge in [-0.05, 0) is 29.7 Å². The van der Waals surface area contributed by atoms with Crippen LogP contribution in [0.5, 0.6) is 0 Å². The first-order chi connectivity index (χ1) is 15.9. The molecule has 1 atom stereocenters. The van der Waals surface area contributed by atoms with E-state index in [-0.39, 0.29) is 29.7 Å². The van der Waals surface area contributed by atoms with Crippen molar-refractivity contribution in [1.29, 1.82) is 0 Å². The molecule has 2 heterocycles. The summed E-state index contributed by atoms with van der Waals surface area (Å²) in [6, 6.07) is 19.1. The highest BCUT2D eigenvalue weighted by Gasteiger charge is 2.26. The lowest BCUT2D eigenvalue weighted by atomic mass is 9.99. The van der Waals surface area contributed by atoms with Gasteiger partial charge in [0.25, 0.3) is 15.9 Å². The van der Waals surface area contributed by atoms with Crippen LogP contribution in [0.1, 0.15) is 17.2 Å². The maximum absolute atomic E-state index is 12.6. The monoisotopic (exact) mass is 465 g/mol. The molecular formula is C24H23N3O5S. The summed E-state index contributed by atoms with van der Waals surface area (Å²) in [7, 11) is -3.47. The van der Waals surface area contributed by atoms with Crippen LogP contribution in [0.15, 0.2) is 89.0 Å². The number of hydrogen-bond donors (Lipinski definition) is 1. The Kier molecular flexibility index (Phi) is 6.69. The molecule has 1 amide bonds. The van der Waals surface area contributed by atoms with Gasteiger partial charge in [0, 0.05) is 12.7 Å². The molecule has 0 radical (unpaired) electrons. The number of fused-ring (bicyclic) bond motifs is 1. The molecule has 170 valence electrons. The van der Waals surface area contributed by atoms with Gasteiger partial charge in [0.2, 0.25) is 0 Å². The van der Waals surface area contributed by atoms with Gasteiger partial charge in [-0.2, -0.15) is 0 Å². The molecule has 0 fully saturated rings. The minimum atomic E-state index is -3.47. The average Bonchev–Trinajstić information content (AvgIpc) is 2.82. The van der Waals surface area contributed by atoms with Crippen LogP contribution in [0, 0.1) is 0 Å². The van der Waals surface area contributed by atoms with E-state index in [0.29, 0.717) is 6.42 Å². The summed E-state index contributed by atoms with van der Waals surface area (Å²) in [5.41, 5.74) is 2.23. The predicted molar refractivity (Wildman–Crippen MR) is 124 cm³/mol.